The first kappa shape index (κ1) is 16.5. The van der Waals surface area contributed by atoms with Gasteiger partial charge in [0.2, 0.25) is 11.8 Å². The SMILES string of the molecule is CC(C)NC(=O)CC(=O)Nc1ccccc1Oc1ccccc1. The van der Waals surface area contributed by atoms with Crippen LogP contribution in [0, 0.1) is 0 Å². The zero-order valence-electron chi connectivity index (χ0n) is 13.2. The molecule has 0 spiro atoms. The van der Waals surface area contributed by atoms with Gasteiger partial charge in [-0.25, -0.2) is 0 Å². The lowest BCUT2D eigenvalue weighted by Gasteiger charge is -2.12. The number of nitrogens with one attached hydrogen (secondary N) is 2. The van der Waals surface area contributed by atoms with Gasteiger partial charge in [-0.2, -0.15) is 0 Å². The molecule has 23 heavy (non-hydrogen) atoms. The van der Waals surface area contributed by atoms with Crippen LogP contribution in [0.2, 0.25) is 0 Å². The summed E-state index contributed by atoms with van der Waals surface area (Å²) >= 11 is 0. The number of carbonyl (C=O) groups is 2. The molecule has 0 atom stereocenters. The van der Waals surface area contributed by atoms with Crippen molar-refractivity contribution in [3.8, 4) is 11.5 Å². The van der Waals surface area contributed by atoms with E-state index in [4.69, 9.17) is 4.74 Å². The number of anilines is 1. The van der Waals surface area contributed by atoms with E-state index in [0.717, 1.165) is 0 Å². The number of benzene rings is 2. The average molecular weight is 312 g/mol. The lowest BCUT2D eigenvalue weighted by Crippen LogP contribution is -2.33. The second kappa shape index (κ2) is 7.98. The van der Waals surface area contributed by atoms with Crippen LogP contribution in [-0.4, -0.2) is 17.9 Å². The van der Waals surface area contributed by atoms with Crippen LogP contribution in [0.25, 0.3) is 0 Å². The molecular weight excluding hydrogens is 292 g/mol. The molecule has 0 aliphatic carbocycles. The minimum atomic E-state index is -0.382. The van der Waals surface area contributed by atoms with E-state index in [-0.39, 0.29) is 24.3 Å². The predicted octanol–water partition coefficient (Wildman–Crippen LogP) is 3.33. The fourth-order valence-electron chi connectivity index (χ4n) is 1.99. The number of carbonyl (C=O) groups excluding carboxylic acids is 2. The molecule has 0 unspecified atom stereocenters. The van der Waals surface area contributed by atoms with E-state index >= 15 is 0 Å². The Balaban J connectivity index is 2.03. The van der Waals surface area contributed by atoms with Crippen LogP contribution in [0.1, 0.15) is 20.3 Å². The first-order chi connectivity index (χ1) is 11.0. The Morgan fingerprint density at radius 3 is 2.30 bits per heavy atom. The van der Waals surface area contributed by atoms with E-state index in [9.17, 15) is 9.59 Å². The van der Waals surface area contributed by atoms with Crippen molar-refractivity contribution >= 4 is 17.5 Å². The highest BCUT2D eigenvalue weighted by molar-refractivity contribution is 6.04. The molecule has 120 valence electrons. The highest BCUT2D eigenvalue weighted by Crippen LogP contribution is 2.29. The van der Waals surface area contributed by atoms with Crippen molar-refractivity contribution in [2.75, 3.05) is 5.32 Å². The summed E-state index contributed by atoms with van der Waals surface area (Å²) in [4.78, 5) is 23.6. The summed E-state index contributed by atoms with van der Waals surface area (Å²) in [6.07, 6.45) is -0.224. The Hall–Kier alpha value is -2.82. The van der Waals surface area contributed by atoms with E-state index < -0.39 is 0 Å². The van der Waals surface area contributed by atoms with Crippen molar-refractivity contribution in [1.29, 1.82) is 0 Å². The first-order valence-corrected chi connectivity index (χ1v) is 7.46. The van der Waals surface area contributed by atoms with Crippen molar-refractivity contribution in [2.45, 2.75) is 26.3 Å². The van der Waals surface area contributed by atoms with Gasteiger partial charge < -0.3 is 15.4 Å². The van der Waals surface area contributed by atoms with Crippen LogP contribution < -0.4 is 15.4 Å². The van der Waals surface area contributed by atoms with E-state index in [1.54, 1.807) is 18.2 Å². The summed E-state index contributed by atoms with van der Waals surface area (Å²) in [7, 11) is 0. The molecular formula is C18H20N2O3. The third-order valence-corrected chi connectivity index (χ3v) is 2.90. The molecule has 5 nitrogen and oxygen atoms in total. The number of hydrogen-bond donors (Lipinski definition) is 2. The largest absolute Gasteiger partial charge is 0.455 e. The maximum absolute atomic E-state index is 12.0. The van der Waals surface area contributed by atoms with Gasteiger partial charge in [-0.3, -0.25) is 9.59 Å². The number of rotatable bonds is 6. The van der Waals surface area contributed by atoms with Crippen LogP contribution in [0.15, 0.2) is 54.6 Å². The van der Waals surface area contributed by atoms with Crippen molar-refractivity contribution in [3.63, 3.8) is 0 Å². The summed E-state index contributed by atoms with van der Waals surface area (Å²) in [5.41, 5.74) is 0.527. The molecule has 0 fully saturated rings. The summed E-state index contributed by atoms with van der Waals surface area (Å²) in [6, 6.07) is 16.4. The standard InChI is InChI=1S/C18H20N2O3/c1-13(2)19-17(21)12-18(22)20-15-10-6-7-11-16(15)23-14-8-4-3-5-9-14/h3-11,13H,12H2,1-2H3,(H,19,21)(H,20,22). The lowest BCUT2D eigenvalue weighted by molar-refractivity contribution is -0.127. The molecule has 2 amide bonds. The summed E-state index contributed by atoms with van der Waals surface area (Å²) in [5.74, 6) is 0.509. The van der Waals surface area contributed by atoms with Gasteiger partial charge >= 0.3 is 0 Å². The molecule has 0 aliphatic rings. The molecule has 0 saturated heterocycles. The van der Waals surface area contributed by atoms with Gasteiger partial charge in [0.05, 0.1) is 5.69 Å². The third-order valence-electron chi connectivity index (χ3n) is 2.90. The number of amides is 2. The molecule has 0 radical (unpaired) electrons. The normalized spacial score (nSPS) is 10.2. The summed E-state index contributed by atoms with van der Waals surface area (Å²) in [6.45, 7) is 3.69. The average Bonchev–Trinajstić information content (AvgIpc) is 2.49. The fourth-order valence-corrected chi connectivity index (χ4v) is 1.99. The van der Waals surface area contributed by atoms with Crippen LogP contribution in [0.3, 0.4) is 0 Å². The molecule has 0 heterocycles. The molecule has 2 aromatic carbocycles. The van der Waals surface area contributed by atoms with Crippen molar-refractivity contribution in [3.05, 3.63) is 54.6 Å². The molecule has 0 saturated carbocycles. The van der Waals surface area contributed by atoms with E-state index in [0.29, 0.717) is 17.2 Å². The van der Waals surface area contributed by atoms with Gasteiger partial charge in [-0.05, 0) is 38.1 Å². The van der Waals surface area contributed by atoms with Gasteiger partial charge in [-0.1, -0.05) is 30.3 Å². The van der Waals surface area contributed by atoms with Crippen LogP contribution in [0.4, 0.5) is 5.69 Å². The molecule has 0 bridgehead atoms. The highest BCUT2D eigenvalue weighted by atomic mass is 16.5. The van der Waals surface area contributed by atoms with Gasteiger partial charge in [0.1, 0.15) is 12.2 Å². The van der Waals surface area contributed by atoms with E-state index in [2.05, 4.69) is 10.6 Å². The second-order valence-corrected chi connectivity index (χ2v) is 5.36. The number of para-hydroxylation sites is 3. The summed E-state index contributed by atoms with van der Waals surface area (Å²) in [5, 5.41) is 5.39. The zero-order chi connectivity index (χ0) is 16.7. The molecule has 2 N–H and O–H groups in total. The van der Waals surface area contributed by atoms with Gasteiger partial charge in [-0.15, -0.1) is 0 Å². The Labute approximate surface area is 135 Å². The second-order valence-electron chi connectivity index (χ2n) is 5.36. The Morgan fingerprint density at radius 2 is 1.61 bits per heavy atom. The quantitative estimate of drug-likeness (QED) is 0.804. The monoisotopic (exact) mass is 312 g/mol. The first-order valence-electron chi connectivity index (χ1n) is 7.46. The highest BCUT2D eigenvalue weighted by Gasteiger charge is 2.13. The molecule has 0 aromatic heterocycles. The summed E-state index contributed by atoms with van der Waals surface area (Å²) < 4.78 is 5.76. The topological polar surface area (TPSA) is 67.4 Å². The van der Waals surface area contributed by atoms with E-state index in [1.165, 1.54) is 0 Å². The van der Waals surface area contributed by atoms with Crippen LogP contribution in [-0.2, 0) is 9.59 Å². The fraction of sp³-hybridized carbons (Fsp3) is 0.222. The van der Waals surface area contributed by atoms with E-state index in [1.807, 2.05) is 50.2 Å². The Bertz CT molecular complexity index is 669. The molecule has 2 rings (SSSR count). The molecule has 2 aromatic rings. The van der Waals surface area contributed by atoms with Gasteiger partial charge in [0.25, 0.3) is 0 Å². The van der Waals surface area contributed by atoms with Crippen molar-refractivity contribution in [2.24, 2.45) is 0 Å². The maximum Gasteiger partial charge on any atom is 0.233 e. The molecule has 0 aliphatic heterocycles. The minimum Gasteiger partial charge on any atom is -0.455 e. The van der Waals surface area contributed by atoms with Crippen LogP contribution >= 0.6 is 0 Å². The zero-order valence-corrected chi connectivity index (χ0v) is 13.2. The smallest absolute Gasteiger partial charge is 0.233 e. The Kier molecular flexibility index (Phi) is 5.74. The van der Waals surface area contributed by atoms with Crippen molar-refractivity contribution < 1.29 is 14.3 Å². The molecule has 5 heteroatoms. The van der Waals surface area contributed by atoms with Gasteiger partial charge in [0.15, 0.2) is 5.75 Å². The Morgan fingerprint density at radius 1 is 0.957 bits per heavy atom. The third kappa shape index (κ3) is 5.47. The maximum atomic E-state index is 12.0. The number of hydrogen-bond acceptors (Lipinski definition) is 3. The van der Waals surface area contributed by atoms with Gasteiger partial charge in [0, 0.05) is 6.04 Å². The van der Waals surface area contributed by atoms with Crippen LogP contribution in [0.5, 0.6) is 11.5 Å². The van der Waals surface area contributed by atoms with Crippen molar-refractivity contribution in [1.82, 2.24) is 5.32 Å². The lowest BCUT2D eigenvalue weighted by atomic mass is 10.2. The predicted molar refractivity (Wildman–Crippen MR) is 89.5 cm³/mol. The number of ether oxygens (including phenoxy) is 1. The minimum absolute atomic E-state index is 0.00370.